The molecule has 1 aromatic heterocycles. The van der Waals surface area contributed by atoms with Gasteiger partial charge in [0.1, 0.15) is 0 Å². The number of hydrogen-bond acceptors (Lipinski definition) is 4. The average molecular weight is 265 g/mol. The van der Waals surface area contributed by atoms with Crippen LogP contribution in [-0.4, -0.2) is 41.3 Å². The molecule has 2 N–H and O–H groups in total. The number of aliphatic hydroxyl groups is 1. The predicted octanol–water partition coefficient (Wildman–Crippen LogP) is 0.879. The smallest absolute Gasteiger partial charge is 0.0644 e. The van der Waals surface area contributed by atoms with Crippen LogP contribution in [0.2, 0.25) is 0 Å². The number of nitrogens with one attached hydrogen (secondary N) is 1. The minimum atomic E-state index is 0.154. The predicted molar refractivity (Wildman–Crippen MR) is 71.9 cm³/mol. The number of aliphatic hydroxyl groups excluding tert-OH is 1. The van der Waals surface area contributed by atoms with Crippen molar-refractivity contribution in [3.8, 4) is 0 Å². The first kappa shape index (κ1) is 13.1. The molecule has 0 bridgehead atoms. The topological polar surface area (TPSA) is 59.3 Å². The van der Waals surface area contributed by atoms with Crippen LogP contribution < -0.4 is 5.32 Å². The minimum Gasteiger partial charge on any atom is -0.394 e. The molecule has 1 saturated heterocycles. The Labute approximate surface area is 113 Å². The molecule has 2 aliphatic rings. The van der Waals surface area contributed by atoms with Crippen molar-refractivity contribution >= 4 is 0 Å². The van der Waals surface area contributed by atoms with E-state index in [2.05, 4.69) is 17.3 Å². The maximum atomic E-state index is 9.06. The zero-order valence-electron chi connectivity index (χ0n) is 11.6. The maximum Gasteiger partial charge on any atom is 0.0644 e. The molecule has 2 heterocycles. The molecular weight excluding hydrogens is 242 g/mol. The van der Waals surface area contributed by atoms with Crippen molar-refractivity contribution in [1.29, 1.82) is 0 Å². The molecule has 19 heavy (non-hydrogen) atoms. The molecule has 1 atom stereocenters. The van der Waals surface area contributed by atoms with Gasteiger partial charge < -0.3 is 15.2 Å². The van der Waals surface area contributed by atoms with E-state index in [9.17, 15) is 0 Å². The van der Waals surface area contributed by atoms with E-state index in [1.165, 1.54) is 24.1 Å². The van der Waals surface area contributed by atoms with Crippen LogP contribution in [0.3, 0.4) is 0 Å². The van der Waals surface area contributed by atoms with Gasteiger partial charge in [-0.05, 0) is 19.3 Å². The highest BCUT2D eigenvalue weighted by Crippen LogP contribution is 2.32. The standard InChI is InChI=1S/C14H23N3O2/c1-14(9-19-10-14)8-15-12-3-2-4-13-11(12)7-16-17(13)5-6-18/h7,12,15,18H,2-6,8-10H2,1H3. The highest BCUT2D eigenvalue weighted by Gasteiger charge is 2.34. The molecular formula is C14H23N3O2. The van der Waals surface area contributed by atoms with Crippen LogP contribution >= 0.6 is 0 Å². The van der Waals surface area contributed by atoms with Gasteiger partial charge in [0.05, 0.1) is 32.6 Å². The number of aromatic nitrogens is 2. The summed E-state index contributed by atoms with van der Waals surface area (Å²) in [4.78, 5) is 0. The van der Waals surface area contributed by atoms with Gasteiger partial charge in [-0.1, -0.05) is 6.92 Å². The Morgan fingerprint density at radius 1 is 1.58 bits per heavy atom. The van der Waals surface area contributed by atoms with E-state index in [1.807, 2.05) is 10.9 Å². The Hall–Kier alpha value is -0.910. The van der Waals surface area contributed by atoms with Gasteiger partial charge in [-0.15, -0.1) is 0 Å². The summed E-state index contributed by atoms with van der Waals surface area (Å²) >= 11 is 0. The highest BCUT2D eigenvalue weighted by atomic mass is 16.5. The normalized spacial score (nSPS) is 24.8. The van der Waals surface area contributed by atoms with Gasteiger partial charge in [0.15, 0.2) is 0 Å². The molecule has 0 aromatic carbocycles. The van der Waals surface area contributed by atoms with E-state index >= 15 is 0 Å². The second kappa shape index (κ2) is 5.23. The van der Waals surface area contributed by atoms with Crippen molar-refractivity contribution in [2.75, 3.05) is 26.4 Å². The number of ether oxygens (including phenoxy) is 1. The van der Waals surface area contributed by atoms with E-state index < -0.39 is 0 Å². The second-order valence-electron chi connectivity index (χ2n) is 6.12. The maximum absolute atomic E-state index is 9.06. The summed E-state index contributed by atoms with van der Waals surface area (Å²) in [6.45, 7) is 5.76. The fraction of sp³-hybridized carbons (Fsp3) is 0.786. The largest absolute Gasteiger partial charge is 0.394 e. The Morgan fingerprint density at radius 2 is 2.42 bits per heavy atom. The molecule has 3 rings (SSSR count). The lowest BCUT2D eigenvalue weighted by Crippen LogP contribution is -2.48. The zero-order valence-corrected chi connectivity index (χ0v) is 11.6. The summed E-state index contributed by atoms with van der Waals surface area (Å²) in [6.07, 6.45) is 5.42. The van der Waals surface area contributed by atoms with Crippen molar-refractivity contribution in [2.24, 2.45) is 5.41 Å². The summed E-state index contributed by atoms with van der Waals surface area (Å²) in [6, 6.07) is 0.411. The molecule has 0 saturated carbocycles. The number of nitrogens with zero attached hydrogens (tertiary/aromatic N) is 2. The molecule has 1 fully saturated rings. The lowest BCUT2D eigenvalue weighted by atomic mass is 9.87. The molecule has 0 radical (unpaired) electrons. The summed E-state index contributed by atoms with van der Waals surface area (Å²) in [5.41, 5.74) is 2.93. The Morgan fingerprint density at radius 3 is 3.11 bits per heavy atom. The van der Waals surface area contributed by atoms with Crippen molar-refractivity contribution in [2.45, 2.75) is 38.8 Å². The monoisotopic (exact) mass is 265 g/mol. The van der Waals surface area contributed by atoms with E-state index in [0.717, 1.165) is 26.2 Å². The third-order valence-electron chi connectivity index (χ3n) is 4.25. The molecule has 1 unspecified atom stereocenters. The second-order valence-corrected chi connectivity index (χ2v) is 6.12. The SMILES string of the molecule is CC1(CNC2CCCc3c2cnn3CCO)COC1. The summed E-state index contributed by atoms with van der Waals surface area (Å²) in [7, 11) is 0. The fourth-order valence-corrected chi connectivity index (χ4v) is 3.04. The Bertz CT molecular complexity index is 440. The summed E-state index contributed by atoms with van der Waals surface area (Å²) in [5, 5.41) is 17.2. The van der Waals surface area contributed by atoms with Crippen LogP contribution in [0.15, 0.2) is 6.20 Å². The van der Waals surface area contributed by atoms with Crippen LogP contribution in [0.5, 0.6) is 0 Å². The minimum absolute atomic E-state index is 0.154. The van der Waals surface area contributed by atoms with E-state index in [0.29, 0.717) is 18.0 Å². The van der Waals surface area contributed by atoms with Crippen molar-refractivity contribution < 1.29 is 9.84 Å². The summed E-state index contributed by atoms with van der Waals surface area (Å²) in [5.74, 6) is 0. The zero-order chi connectivity index (χ0) is 13.3. The van der Waals surface area contributed by atoms with Gasteiger partial charge >= 0.3 is 0 Å². The van der Waals surface area contributed by atoms with Crippen molar-refractivity contribution in [3.63, 3.8) is 0 Å². The van der Waals surface area contributed by atoms with Crippen molar-refractivity contribution in [1.82, 2.24) is 15.1 Å². The Balaban J connectivity index is 1.68. The molecule has 5 heteroatoms. The lowest BCUT2D eigenvalue weighted by Gasteiger charge is -2.39. The number of rotatable bonds is 5. The first-order valence-corrected chi connectivity index (χ1v) is 7.18. The third-order valence-corrected chi connectivity index (χ3v) is 4.25. The van der Waals surface area contributed by atoms with Gasteiger partial charge in [-0.25, -0.2) is 0 Å². The molecule has 1 aliphatic carbocycles. The third kappa shape index (κ3) is 2.55. The fourth-order valence-electron chi connectivity index (χ4n) is 3.04. The van der Waals surface area contributed by atoms with Gasteiger partial charge in [-0.2, -0.15) is 5.10 Å². The first-order valence-electron chi connectivity index (χ1n) is 7.18. The molecule has 106 valence electrons. The Kier molecular flexibility index (Phi) is 3.60. The molecule has 0 spiro atoms. The molecule has 1 aliphatic heterocycles. The van der Waals surface area contributed by atoms with Crippen LogP contribution in [0, 0.1) is 5.41 Å². The van der Waals surface area contributed by atoms with Gasteiger partial charge in [0.25, 0.3) is 0 Å². The van der Waals surface area contributed by atoms with Crippen LogP contribution in [0.25, 0.3) is 0 Å². The van der Waals surface area contributed by atoms with Crippen LogP contribution in [0.1, 0.15) is 37.1 Å². The molecule has 1 aromatic rings. The van der Waals surface area contributed by atoms with E-state index in [4.69, 9.17) is 9.84 Å². The first-order chi connectivity index (χ1) is 9.22. The van der Waals surface area contributed by atoms with Crippen LogP contribution in [0.4, 0.5) is 0 Å². The van der Waals surface area contributed by atoms with E-state index in [1.54, 1.807) is 0 Å². The average Bonchev–Trinajstić information content (AvgIpc) is 2.79. The van der Waals surface area contributed by atoms with Crippen molar-refractivity contribution in [3.05, 3.63) is 17.5 Å². The molecule has 5 nitrogen and oxygen atoms in total. The van der Waals surface area contributed by atoms with Gasteiger partial charge in [0, 0.05) is 29.3 Å². The highest BCUT2D eigenvalue weighted by molar-refractivity contribution is 5.25. The lowest BCUT2D eigenvalue weighted by molar-refractivity contribution is -0.100. The van der Waals surface area contributed by atoms with Crippen LogP contribution in [-0.2, 0) is 17.7 Å². The number of hydrogen-bond donors (Lipinski definition) is 2. The number of fused-ring (bicyclic) bond motifs is 1. The van der Waals surface area contributed by atoms with Gasteiger partial charge in [0.2, 0.25) is 0 Å². The van der Waals surface area contributed by atoms with E-state index in [-0.39, 0.29) is 6.61 Å². The molecule has 0 amide bonds. The quantitative estimate of drug-likeness (QED) is 0.830. The van der Waals surface area contributed by atoms with Gasteiger partial charge in [-0.3, -0.25) is 4.68 Å². The summed E-state index contributed by atoms with van der Waals surface area (Å²) < 4.78 is 7.25.